The quantitative estimate of drug-likeness (QED) is 0.486. The lowest BCUT2D eigenvalue weighted by atomic mass is 10.1. The molecule has 0 unspecified atom stereocenters. The van der Waals surface area contributed by atoms with Crippen LogP contribution in [0.4, 0.5) is 0 Å². The number of nitrogens with zero attached hydrogens (tertiary/aromatic N) is 1. The molecule has 0 aliphatic heterocycles. The molecule has 94 valence electrons. The molecule has 1 aromatic heterocycles. The van der Waals surface area contributed by atoms with E-state index < -0.39 is 0 Å². The number of hydrogen-bond donors (Lipinski definition) is 0. The molecule has 0 saturated heterocycles. The first-order chi connectivity index (χ1) is 9.33. The predicted molar refractivity (Wildman–Crippen MR) is 82.8 cm³/mol. The Hall–Kier alpha value is -1.51. The van der Waals surface area contributed by atoms with E-state index in [1.807, 2.05) is 12.1 Å². The van der Waals surface area contributed by atoms with E-state index in [0.29, 0.717) is 5.15 Å². The average Bonchev–Trinajstić information content (AvgIpc) is 2.46. The lowest BCUT2D eigenvalue weighted by molar-refractivity contribution is 1.25. The summed E-state index contributed by atoms with van der Waals surface area (Å²) in [5.41, 5.74) is 1.07. The number of benzene rings is 2. The van der Waals surface area contributed by atoms with Crippen molar-refractivity contribution in [3.8, 4) is 0 Å². The van der Waals surface area contributed by atoms with Crippen LogP contribution in [-0.4, -0.2) is 4.98 Å². The summed E-state index contributed by atoms with van der Waals surface area (Å²) >= 11 is 7.84. The van der Waals surface area contributed by atoms with E-state index in [9.17, 15) is 0 Å². The number of halogens is 1. The molecule has 3 aromatic rings. The summed E-state index contributed by atoms with van der Waals surface area (Å²) in [6.45, 7) is 0. The topological polar surface area (TPSA) is 12.9 Å². The van der Waals surface area contributed by atoms with Gasteiger partial charge in [0, 0.05) is 16.8 Å². The van der Waals surface area contributed by atoms with Crippen molar-refractivity contribution in [2.45, 2.75) is 10.6 Å². The van der Waals surface area contributed by atoms with Gasteiger partial charge in [0.15, 0.2) is 0 Å². The molecular formula is C16H12ClNS. The van der Waals surface area contributed by atoms with Gasteiger partial charge in [-0.2, -0.15) is 0 Å². The highest BCUT2D eigenvalue weighted by Crippen LogP contribution is 2.28. The van der Waals surface area contributed by atoms with Crippen LogP contribution in [0.3, 0.4) is 0 Å². The lowest BCUT2D eigenvalue weighted by Gasteiger charge is -2.05. The monoisotopic (exact) mass is 285 g/mol. The molecule has 0 atom stereocenters. The molecular weight excluding hydrogens is 274 g/mol. The van der Waals surface area contributed by atoms with E-state index in [1.54, 1.807) is 18.0 Å². The number of hydrogen-bond acceptors (Lipinski definition) is 2. The minimum absolute atomic E-state index is 0.593. The van der Waals surface area contributed by atoms with Gasteiger partial charge in [0.05, 0.1) is 0 Å². The summed E-state index contributed by atoms with van der Waals surface area (Å²) in [6.07, 6.45) is 1.71. The van der Waals surface area contributed by atoms with Crippen molar-refractivity contribution in [2.24, 2.45) is 0 Å². The van der Waals surface area contributed by atoms with Crippen LogP contribution in [0.5, 0.6) is 0 Å². The average molecular weight is 286 g/mol. The van der Waals surface area contributed by atoms with Crippen molar-refractivity contribution in [2.75, 3.05) is 0 Å². The third kappa shape index (κ3) is 2.91. The maximum Gasteiger partial charge on any atom is 0.133 e. The summed E-state index contributed by atoms with van der Waals surface area (Å²) in [4.78, 5) is 5.34. The van der Waals surface area contributed by atoms with Crippen molar-refractivity contribution in [1.29, 1.82) is 0 Å². The largest absolute Gasteiger partial charge is 0.244 e. The van der Waals surface area contributed by atoms with E-state index >= 15 is 0 Å². The van der Waals surface area contributed by atoms with Gasteiger partial charge >= 0.3 is 0 Å². The van der Waals surface area contributed by atoms with Gasteiger partial charge in [-0.3, -0.25) is 0 Å². The lowest BCUT2D eigenvalue weighted by Crippen LogP contribution is -1.85. The molecule has 3 rings (SSSR count). The fraction of sp³-hybridized carbons (Fsp3) is 0.0625. The van der Waals surface area contributed by atoms with Crippen LogP contribution in [0.1, 0.15) is 5.56 Å². The molecule has 2 aromatic carbocycles. The Kier molecular flexibility index (Phi) is 3.72. The highest BCUT2D eigenvalue weighted by Gasteiger charge is 2.02. The zero-order chi connectivity index (χ0) is 13.1. The molecule has 1 nitrogen and oxygen atoms in total. The standard InChI is InChI=1S/C16H12ClNS/c17-16-14(6-3-9-18-16)11-19-15-8-7-12-4-1-2-5-13(12)10-15/h1-10H,11H2. The highest BCUT2D eigenvalue weighted by molar-refractivity contribution is 7.98. The molecule has 1 heterocycles. The van der Waals surface area contributed by atoms with Gasteiger partial charge in [0.2, 0.25) is 0 Å². The molecule has 0 N–H and O–H groups in total. The van der Waals surface area contributed by atoms with E-state index in [-0.39, 0.29) is 0 Å². The Morgan fingerprint density at radius 1 is 0.947 bits per heavy atom. The Bertz CT molecular complexity index is 712. The first-order valence-electron chi connectivity index (χ1n) is 6.04. The third-order valence-corrected chi connectivity index (χ3v) is 4.33. The van der Waals surface area contributed by atoms with Gasteiger partial charge < -0.3 is 0 Å². The Balaban J connectivity index is 1.80. The van der Waals surface area contributed by atoms with Crippen molar-refractivity contribution in [1.82, 2.24) is 4.98 Å². The van der Waals surface area contributed by atoms with E-state index in [4.69, 9.17) is 11.6 Å². The van der Waals surface area contributed by atoms with Crippen molar-refractivity contribution in [3.63, 3.8) is 0 Å². The van der Waals surface area contributed by atoms with Crippen LogP contribution in [0.2, 0.25) is 5.15 Å². The number of pyridine rings is 1. The molecule has 0 spiro atoms. The number of aromatic nitrogens is 1. The summed E-state index contributed by atoms with van der Waals surface area (Å²) in [6, 6.07) is 18.8. The zero-order valence-corrected chi connectivity index (χ0v) is 11.8. The second kappa shape index (κ2) is 5.64. The molecule has 0 amide bonds. The smallest absolute Gasteiger partial charge is 0.133 e. The maximum atomic E-state index is 6.06. The molecule has 3 heteroatoms. The van der Waals surface area contributed by atoms with Crippen molar-refractivity contribution in [3.05, 3.63) is 71.5 Å². The molecule has 0 aliphatic rings. The van der Waals surface area contributed by atoms with Crippen LogP contribution in [-0.2, 0) is 5.75 Å². The van der Waals surface area contributed by atoms with Gasteiger partial charge in [-0.05, 0) is 34.5 Å². The van der Waals surface area contributed by atoms with Gasteiger partial charge in [-0.15, -0.1) is 11.8 Å². The number of fused-ring (bicyclic) bond motifs is 1. The van der Waals surface area contributed by atoms with Gasteiger partial charge in [-0.25, -0.2) is 4.98 Å². The predicted octanol–water partition coefficient (Wildman–Crippen LogP) is 5.18. The molecule has 19 heavy (non-hydrogen) atoms. The normalized spacial score (nSPS) is 10.8. The van der Waals surface area contributed by atoms with Gasteiger partial charge in [-0.1, -0.05) is 48.0 Å². The minimum atomic E-state index is 0.593. The van der Waals surface area contributed by atoms with Crippen molar-refractivity contribution >= 4 is 34.1 Å². The van der Waals surface area contributed by atoms with Crippen LogP contribution < -0.4 is 0 Å². The highest BCUT2D eigenvalue weighted by atomic mass is 35.5. The molecule has 0 saturated carbocycles. The van der Waals surface area contributed by atoms with Crippen molar-refractivity contribution < 1.29 is 0 Å². The summed E-state index contributed by atoms with van der Waals surface area (Å²) < 4.78 is 0. The Morgan fingerprint density at radius 3 is 2.63 bits per heavy atom. The fourth-order valence-electron chi connectivity index (χ4n) is 1.95. The molecule has 0 radical (unpaired) electrons. The summed E-state index contributed by atoms with van der Waals surface area (Å²) in [5, 5.41) is 3.13. The molecule has 0 fully saturated rings. The molecule has 0 bridgehead atoms. The summed E-state index contributed by atoms with van der Waals surface area (Å²) in [7, 11) is 0. The third-order valence-electron chi connectivity index (χ3n) is 2.95. The first-order valence-corrected chi connectivity index (χ1v) is 7.40. The van der Waals surface area contributed by atoms with Crippen LogP contribution >= 0.6 is 23.4 Å². The Labute approximate surface area is 121 Å². The zero-order valence-electron chi connectivity index (χ0n) is 10.2. The van der Waals surface area contributed by atoms with Crippen LogP contribution in [0.15, 0.2) is 65.7 Å². The first kappa shape index (κ1) is 12.5. The minimum Gasteiger partial charge on any atom is -0.244 e. The second-order valence-electron chi connectivity index (χ2n) is 4.25. The Morgan fingerprint density at radius 2 is 1.79 bits per heavy atom. The van der Waals surface area contributed by atoms with E-state index in [0.717, 1.165) is 11.3 Å². The maximum absolute atomic E-state index is 6.06. The second-order valence-corrected chi connectivity index (χ2v) is 5.66. The summed E-state index contributed by atoms with van der Waals surface area (Å²) in [5.74, 6) is 0.838. The fourth-order valence-corrected chi connectivity index (χ4v) is 3.14. The van der Waals surface area contributed by atoms with Crippen LogP contribution in [0, 0.1) is 0 Å². The molecule has 0 aliphatic carbocycles. The van der Waals surface area contributed by atoms with Gasteiger partial charge in [0.1, 0.15) is 5.15 Å². The van der Waals surface area contributed by atoms with E-state index in [1.165, 1.54) is 15.7 Å². The number of rotatable bonds is 3. The van der Waals surface area contributed by atoms with Crippen LogP contribution in [0.25, 0.3) is 10.8 Å². The SMILES string of the molecule is Clc1ncccc1CSc1ccc2ccccc2c1. The number of thioether (sulfide) groups is 1. The van der Waals surface area contributed by atoms with Gasteiger partial charge in [0.25, 0.3) is 0 Å². The van der Waals surface area contributed by atoms with E-state index in [2.05, 4.69) is 47.4 Å².